The Balaban J connectivity index is 2.15. The van der Waals surface area contributed by atoms with Crippen LogP contribution >= 0.6 is 0 Å². The molecule has 3 N–H and O–H groups in total. The Kier molecular flexibility index (Phi) is 3.04. The summed E-state index contributed by atoms with van der Waals surface area (Å²) in [5.74, 6) is -1.10. The number of rotatable bonds is 2. The lowest BCUT2D eigenvalue weighted by Gasteiger charge is -2.20. The number of benzene rings is 1. The van der Waals surface area contributed by atoms with Gasteiger partial charge in [-0.2, -0.15) is 0 Å². The first-order valence-electron chi connectivity index (χ1n) is 6.30. The molecule has 1 aromatic heterocycles. The van der Waals surface area contributed by atoms with Crippen molar-refractivity contribution in [2.75, 3.05) is 18.0 Å². The van der Waals surface area contributed by atoms with Gasteiger partial charge in [-0.05, 0) is 12.1 Å². The predicted molar refractivity (Wildman–Crippen MR) is 72.9 cm³/mol. The first-order chi connectivity index (χ1) is 9.56. The molecule has 20 heavy (non-hydrogen) atoms. The molecular weight excluding hydrogens is 260 g/mol. The number of carboxylic acid groups (broad SMARTS) is 1. The number of nitrogens with zero attached hydrogens (tertiary/aromatic N) is 2. The molecule has 2 unspecified atom stereocenters. The second kappa shape index (κ2) is 4.73. The number of pyridine rings is 1. The number of aliphatic hydroxyl groups excluding tert-OH is 2. The maximum atomic E-state index is 11.2. The third-order valence-electron chi connectivity index (χ3n) is 3.51. The molecule has 2 aromatic rings. The van der Waals surface area contributed by atoms with Crippen LogP contribution in [0.1, 0.15) is 10.5 Å². The van der Waals surface area contributed by atoms with Crippen LogP contribution in [-0.4, -0.2) is 51.6 Å². The number of anilines is 1. The van der Waals surface area contributed by atoms with Crippen molar-refractivity contribution in [2.45, 2.75) is 12.2 Å². The fourth-order valence-corrected chi connectivity index (χ4v) is 2.49. The molecule has 6 nitrogen and oxygen atoms in total. The lowest BCUT2D eigenvalue weighted by molar-refractivity contribution is 0.0572. The molecule has 1 fully saturated rings. The van der Waals surface area contributed by atoms with Crippen molar-refractivity contribution in [1.29, 1.82) is 0 Å². The Morgan fingerprint density at radius 3 is 2.50 bits per heavy atom. The van der Waals surface area contributed by atoms with E-state index in [0.717, 1.165) is 5.39 Å². The van der Waals surface area contributed by atoms with Gasteiger partial charge in [0.05, 0.1) is 17.7 Å². The zero-order valence-electron chi connectivity index (χ0n) is 10.6. The molecular formula is C14H14N2O4. The minimum absolute atomic E-state index is 0.0467. The maximum absolute atomic E-state index is 11.2. The third kappa shape index (κ3) is 2.09. The number of aliphatic hydroxyl groups is 2. The molecule has 3 rings (SSSR count). The highest BCUT2D eigenvalue weighted by Gasteiger charge is 2.31. The summed E-state index contributed by atoms with van der Waals surface area (Å²) in [6, 6.07) is 8.71. The van der Waals surface area contributed by atoms with E-state index in [0.29, 0.717) is 11.2 Å². The van der Waals surface area contributed by atoms with Crippen LogP contribution in [0.3, 0.4) is 0 Å². The molecule has 2 atom stereocenters. The van der Waals surface area contributed by atoms with Crippen molar-refractivity contribution in [3.63, 3.8) is 0 Å². The highest BCUT2D eigenvalue weighted by atomic mass is 16.4. The second-order valence-electron chi connectivity index (χ2n) is 4.89. The number of hydrogen-bond donors (Lipinski definition) is 3. The van der Waals surface area contributed by atoms with Crippen LogP contribution in [0.2, 0.25) is 0 Å². The van der Waals surface area contributed by atoms with Crippen LogP contribution in [0, 0.1) is 0 Å². The van der Waals surface area contributed by atoms with Crippen molar-refractivity contribution in [2.24, 2.45) is 0 Å². The van der Waals surface area contributed by atoms with Gasteiger partial charge in [-0.25, -0.2) is 9.78 Å². The Bertz CT molecular complexity index is 663. The molecule has 0 amide bonds. The fourth-order valence-electron chi connectivity index (χ4n) is 2.49. The van der Waals surface area contributed by atoms with Crippen molar-refractivity contribution in [1.82, 2.24) is 4.98 Å². The summed E-state index contributed by atoms with van der Waals surface area (Å²) in [7, 11) is 0. The number of β-amino-alcohol motifs (C(OH)–C–C–N with tert-alkyl or cyclic N) is 2. The summed E-state index contributed by atoms with van der Waals surface area (Å²) in [5.41, 5.74) is 1.21. The van der Waals surface area contributed by atoms with Gasteiger partial charge in [0.2, 0.25) is 0 Å². The Hall–Kier alpha value is -2.18. The van der Waals surface area contributed by atoms with Crippen LogP contribution in [-0.2, 0) is 0 Å². The molecule has 0 bridgehead atoms. The van der Waals surface area contributed by atoms with Gasteiger partial charge >= 0.3 is 5.97 Å². The SMILES string of the molecule is O=C(O)c1cc(N2CC(O)C(O)C2)c2ccccc2n1. The molecule has 0 radical (unpaired) electrons. The van der Waals surface area contributed by atoms with Gasteiger partial charge in [0, 0.05) is 24.2 Å². The summed E-state index contributed by atoms with van der Waals surface area (Å²) in [6.07, 6.45) is -1.65. The lowest BCUT2D eigenvalue weighted by atomic mass is 10.1. The minimum atomic E-state index is -1.10. The van der Waals surface area contributed by atoms with E-state index in [9.17, 15) is 15.0 Å². The molecule has 0 aliphatic carbocycles. The van der Waals surface area contributed by atoms with E-state index in [1.165, 1.54) is 6.07 Å². The number of aromatic nitrogens is 1. The topological polar surface area (TPSA) is 93.9 Å². The highest BCUT2D eigenvalue weighted by molar-refractivity contribution is 5.97. The average Bonchev–Trinajstić information content (AvgIpc) is 2.77. The van der Waals surface area contributed by atoms with E-state index in [1.54, 1.807) is 17.0 Å². The van der Waals surface area contributed by atoms with E-state index < -0.39 is 18.2 Å². The molecule has 1 saturated heterocycles. The number of hydrogen-bond acceptors (Lipinski definition) is 5. The molecule has 2 heterocycles. The van der Waals surface area contributed by atoms with Crippen LogP contribution in [0.15, 0.2) is 30.3 Å². The van der Waals surface area contributed by atoms with Gasteiger partial charge in [0.15, 0.2) is 5.69 Å². The minimum Gasteiger partial charge on any atom is -0.477 e. The van der Waals surface area contributed by atoms with Gasteiger partial charge in [-0.15, -0.1) is 0 Å². The molecule has 6 heteroatoms. The second-order valence-corrected chi connectivity index (χ2v) is 4.89. The zero-order valence-corrected chi connectivity index (χ0v) is 10.6. The largest absolute Gasteiger partial charge is 0.477 e. The summed E-state index contributed by atoms with van der Waals surface area (Å²) < 4.78 is 0. The molecule has 0 spiro atoms. The third-order valence-corrected chi connectivity index (χ3v) is 3.51. The van der Waals surface area contributed by atoms with Crippen molar-refractivity contribution in [3.8, 4) is 0 Å². The standard InChI is InChI=1S/C14H14N2O4/c17-12-6-16(7-13(12)18)11-5-10(14(19)20)15-9-4-2-1-3-8(9)11/h1-5,12-13,17-18H,6-7H2,(H,19,20). The van der Waals surface area contributed by atoms with E-state index in [2.05, 4.69) is 4.98 Å². The maximum Gasteiger partial charge on any atom is 0.354 e. The quantitative estimate of drug-likeness (QED) is 0.737. The summed E-state index contributed by atoms with van der Waals surface area (Å²) in [5, 5.41) is 29.3. The number of fused-ring (bicyclic) bond motifs is 1. The predicted octanol–water partition coefficient (Wildman–Crippen LogP) is 0.475. The molecule has 1 aliphatic rings. The van der Waals surface area contributed by atoms with Gasteiger partial charge in [-0.3, -0.25) is 0 Å². The molecule has 104 valence electrons. The van der Waals surface area contributed by atoms with Gasteiger partial charge in [0.1, 0.15) is 0 Å². The van der Waals surface area contributed by atoms with Crippen molar-refractivity contribution >= 4 is 22.6 Å². The average molecular weight is 274 g/mol. The highest BCUT2D eigenvalue weighted by Crippen LogP contribution is 2.29. The number of carboxylic acids is 1. The molecule has 0 saturated carbocycles. The van der Waals surface area contributed by atoms with E-state index in [4.69, 9.17) is 5.11 Å². The number of carbonyl (C=O) groups is 1. The normalized spacial score (nSPS) is 22.4. The van der Waals surface area contributed by atoms with Gasteiger partial charge in [0.25, 0.3) is 0 Å². The number of aromatic carboxylic acids is 1. The smallest absolute Gasteiger partial charge is 0.354 e. The first kappa shape index (κ1) is 12.8. The van der Waals surface area contributed by atoms with E-state index in [1.807, 2.05) is 12.1 Å². The fraction of sp³-hybridized carbons (Fsp3) is 0.286. The van der Waals surface area contributed by atoms with Gasteiger partial charge in [-0.1, -0.05) is 18.2 Å². The monoisotopic (exact) mass is 274 g/mol. The lowest BCUT2D eigenvalue weighted by Crippen LogP contribution is -2.22. The molecule has 1 aliphatic heterocycles. The molecule has 1 aromatic carbocycles. The van der Waals surface area contributed by atoms with Crippen LogP contribution in [0.5, 0.6) is 0 Å². The zero-order chi connectivity index (χ0) is 14.3. The van der Waals surface area contributed by atoms with Crippen LogP contribution < -0.4 is 4.90 Å². The summed E-state index contributed by atoms with van der Waals surface area (Å²) in [4.78, 5) is 17.0. The number of para-hydroxylation sites is 1. The summed E-state index contributed by atoms with van der Waals surface area (Å²) in [6.45, 7) is 0.544. The Morgan fingerprint density at radius 2 is 1.85 bits per heavy atom. The van der Waals surface area contributed by atoms with Crippen LogP contribution in [0.4, 0.5) is 5.69 Å². The summed E-state index contributed by atoms with van der Waals surface area (Å²) >= 11 is 0. The van der Waals surface area contributed by atoms with Crippen molar-refractivity contribution in [3.05, 3.63) is 36.0 Å². The first-order valence-corrected chi connectivity index (χ1v) is 6.30. The Morgan fingerprint density at radius 1 is 1.20 bits per heavy atom. The van der Waals surface area contributed by atoms with E-state index >= 15 is 0 Å². The van der Waals surface area contributed by atoms with Crippen molar-refractivity contribution < 1.29 is 20.1 Å². The van der Waals surface area contributed by atoms with E-state index in [-0.39, 0.29) is 18.8 Å². The van der Waals surface area contributed by atoms with Crippen LogP contribution in [0.25, 0.3) is 10.9 Å². The Labute approximate surface area is 114 Å². The van der Waals surface area contributed by atoms with Gasteiger partial charge < -0.3 is 20.2 Å².